The summed E-state index contributed by atoms with van der Waals surface area (Å²) in [7, 11) is -9.93. The van der Waals surface area contributed by atoms with Crippen LogP contribution in [0.5, 0.6) is 0 Å². The molecule has 0 fully saturated rings. The molecule has 107 heavy (non-hydrogen) atoms. The quantitative estimate of drug-likeness (QED) is 0.0222. The van der Waals surface area contributed by atoms with Crippen molar-refractivity contribution in [3.8, 4) is 0 Å². The molecule has 0 aliphatic rings. The van der Waals surface area contributed by atoms with E-state index >= 15 is 0 Å². The number of phosphoric acid groups is 2. The first-order valence-electron chi connectivity index (χ1n) is 45.6. The molecule has 0 radical (unpaired) electrons. The lowest BCUT2D eigenvalue weighted by Crippen LogP contribution is -2.30. The highest BCUT2D eigenvalue weighted by molar-refractivity contribution is 7.47. The molecule has 0 amide bonds. The molecular formula is C88H172O17P2. The summed E-state index contributed by atoms with van der Waals surface area (Å²) in [6.07, 6.45) is 72.2. The predicted octanol–water partition coefficient (Wildman–Crippen LogP) is 27.0. The summed E-state index contributed by atoms with van der Waals surface area (Å²) in [5.74, 6) is -0.521. The number of phosphoric ester groups is 2. The Bertz CT molecular complexity index is 2050. The highest BCUT2D eigenvalue weighted by Crippen LogP contribution is 2.45. The van der Waals surface area contributed by atoms with E-state index < -0.39 is 97.5 Å². The molecule has 7 atom stereocenters. The Morgan fingerprint density at radius 1 is 0.262 bits per heavy atom. The number of rotatable bonds is 87. The third-order valence-corrected chi connectivity index (χ3v) is 23.3. The summed E-state index contributed by atoms with van der Waals surface area (Å²) >= 11 is 0. The second-order valence-electron chi connectivity index (χ2n) is 32.1. The van der Waals surface area contributed by atoms with E-state index in [4.69, 9.17) is 37.0 Å². The highest BCUT2D eigenvalue weighted by atomic mass is 31.2. The number of carbonyl (C=O) groups excluding carboxylic acids is 4. The van der Waals surface area contributed by atoms with Gasteiger partial charge in [-0.15, -0.1) is 0 Å². The average molecular weight is 1560 g/mol. The molecule has 0 saturated heterocycles. The SMILES string of the molecule is CCCCCCCCCCCCCCCCCCCCCCCCC(=O)O[C@H](COC(=O)CCCCCCCCCCCCCCCCCCCCC)COP(=O)(O)OC[C@@H](O)COP(=O)(O)OC[C@@H](COC(=O)CCCCCCCCCCC(C)CC)OC(=O)CCCCCCCCCCCCC(C)CC. The molecule has 0 rings (SSSR count). The maximum Gasteiger partial charge on any atom is 0.472 e. The molecule has 0 heterocycles. The maximum atomic E-state index is 13.2. The number of esters is 4. The third-order valence-electron chi connectivity index (χ3n) is 21.4. The molecule has 0 aliphatic heterocycles. The van der Waals surface area contributed by atoms with Crippen molar-refractivity contribution >= 4 is 39.5 Å². The monoisotopic (exact) mass is 1560 g/mol. The Hall–Kier alpha value is -1.94. The van der Waals surface area contributed by atoms with Gasteiger partial charge in [0.05, 0.1) is 26.4 Å². The van der Waals surface area contributed by atoms with Gasteiger partial charge in [-0.05, 0) is 37.5 Å². The zero-order valence-corrected chi connectivity index (χ0v) is 72.2. The summed E-state index contributed by atoms with van der Waals surface area (Å²) in [6.45, 7) is 9.70. The van der Waals surface area contributed by atoms with Gasteiger partial charge in [0.2, 0.25) is 0 Å². The first-order valence-corrected chi connectivity index (χ1v) is 48.6. The van der Waals surface area contributed by atoms with Gasteiger partial charge in [0.1, 0.15) is 19.3 Å². The summed E-state index contributed by atoms with van der Waals surface area (Å²) in [4.78, 5) is 73.3. The molecule has 19 heteroatoms. The number of hydrogen-bond donors (Lipinski definition) is 3. The number of unbranched alkanes of at least 4 members (excludes halogenated alkanes) is 55. The Morgan fingerprint density at radius 3 is 0.664 bits per heavy atom. The van der Waals surface area contributed by atoms with E-state index in [1.165, 1.54) is 289 Å². The summed E-state index contributed by atoms with van der Waals surface area (Å²) in [5.41, 5.74) is 0. The first-order chi connectivity index (χ1) is 51.9. The van der Waals surface area contributed by atoms with Crippen LogP contribution in [0, 0.1) is 11.8 Å². The topological polar surface area (TPSA) is 237 Å². The Morgan fingerprint density at radius 2 is 0.449 bits per heavy atom. The Balaban J connectivity index is 5.24. The molecule has 0 aromatic carbocycles. The normalized spacial score (nSPS) is 14.3. The van der Waals surface area contributed by atoms with E-state index in [9.17, 15) is 43.2 Å². The molecule has 0 saturated carbocycles. The minimum atomic E-state index is -4.97. The molecule has 0 aromatic rings. The zero-order valence-electron chi connectivity index (χ0n) is 70.5. The van der Waals surface area contributed by atoms with Crippen LogP contribution >= 0.6 is 15.6 Å². The minimum absolute atomic E-state index is 0.106. The maximum absolute atomic E-state index is 13.2. The van der Waals surface area contributed by atoms with Crippen LogP contribution in [0.3, 0.4) is 0 Å². The Kier molecular flexibility index (Phi) is 77.9. The molecule has 0 spiro atoms. The van der Waals surface area contributed by atoms with Gasteiger partial charge in [-0.25, -0.2) is 9.13 Å². The third kappa shape index (κ3) is 79.1. The second kappa shape index (κ2) is 79.3. The van der Waals surface area contributed by atoms with Crippen LogP contribution in [0.15, 0.2) is 0 Å². The van der Waals surface area contributed by atoms with Crippen LogP contribution in [0.1, 0.15) is 472 Å². The molecular weight excluding hydrogens is 1390 g/mol. The lowest BCUT2D eigenvalue weighted by Gasteiger charge is -2.21. The second-order valence-corrected chi connectivity index (χ2v) is 35.0. The average Bonchev–Trinajstić information content (AvgIpc) is 0.916. The molecule has 636 valence electrons. The van der Waals surface area contributed by atoms with E-state index in [-0.39, 0.29) is 25.7 Å². The summed E-state index contributed by atoms with van der Waals surface area (Å²) in [6, 6.07) is 0. The molecule has 4 unspecified atom stereocenters. The number of carbonyl (C=O) groups is 4. The Labute approximate surface area is 658 Å². The molecule has 0 aliphatic carbocycles. The minimum Gasteiger partial charge on any atom is -0.462 e. The molecule has 17 nitrogen and oxygen atoms in total. The van der Waals surface area contributed by atoms with E-state index in [2.05, 4.69) is 41.5 Å². The number of aliphatic hydroxyl groups excluding tert-OH is 1. The van der Waals surface area contributed by atoms with E-state index in [1.807, 2.05) is 0 Å². The van der Waals surface area contributed by atoms with Crippen LogP contribution < -0.4 is 0 Å². The van der Waals surface area contributed by atoms with Crippen molar-refractivity contribution in [1.82, 2.24) is 0 Å². The van der Waals surface area contributed by atoms with E-state index in [0.717, 1.165) is 102 Å². The molecule has 0 bridgehead atoms. The predicted molar refractivity (Wildman–Crippen MR) is 442 cm³/mol. The van der Waals surface area contributed by atoms with Gasteiger partial charge in [-0.3, -0.25) is 37.3 Å². The van der Waals surface area contributed by atoms with Crippen LogP contribution in [0.25, 0.3) is 0 Å². The van der Waals surface area contributed by atoms with Gasteiger partial charge in [0.15, 0.2) is 12.2 Å². The van der Waals surface area contributed by atoms with Crippen molar-refractivity contribution in [1.29, 1.82) is 0 Å². The largest absolute Gasteiger partial charge is 0.472 e. The first kappa shape index (κ1) is 105. The summed E-state index contributed by atoms with van der Waals surface area (Å²) < 4.78 is 69.0. The van der Waals surface area contributed by atoms with Crippen molar-refractivity contribution in [2.24, 2.45) is 11.8 Å². The molecule has 0 aromatic heterocycles. The highest BCUT2D eigenvalue weighted by Gasteiger charge is 2.31. The van der Waals surface area contributed by atoms with Gasteiger partial charge in [0, 0.05) is 25.7 Å². The number of aliphatic hydroxyl groups is 1. The van der Waals surface area contributed by atoms with Crippen molar-refractivity contribution < 1.29 is 80.2 Å². The fourth-order valence-electron chi connectivity index (χ4n) is 13.7. The fourth-order valence-corrected chi connectivity index (χ4v) is 15.3. The van der Waals surface area contributed by atoms with Crippen LogP contribution in [-0.4, -0.2) is 96.7 Å². The summed E-state index contributed by atoms with van der Waals surface area (Å²) in [5, 5.41) is 10.7. The zero-order chi connectivity index (χ0) is 78.5. The lowest BCUT2D eigenvalue weighted by atomic mass is 9.99. The number of ether oxygens (including phenoxy) is 4. The van der Waals surface area contributed by atoms with Crippen molar-refractivity contribution in [2.75, 3.05) is 39.6 Å². The van der Waals surface area contributed by atoms with Crippen LogP contribution in [0.4, 0.5) is 0 Å². The van der Waals surface area contributed by atoms with Gasteiger partial charge in [0.25, 0.3) is 0 Å². The number of hydrogen-bond acceptors (Lipinski definition) is 15. The van der Waals surface area contributed by atoms with Gasteiger partial charge in [-0.1, -0.05) is 420 Å². The lowest BCUT2D eigenvalue weighted by molar-refractivity contribution is -0.161. The van der Waals surface area contributed by atoms with Crippen molar-refractivity contribution in [3.05, 3.63) is 0 Å². The van der Waals surface area contributed by atoms with Gasteiger partial charge < -0.3 is 33.8 Å². The standard InChI is InChI=1S/C88H172O17P2/c1-7-11-13-15-17-19-21-23-25-27-29-30-31-33-35-37-39-41-46-54-60-66-72-87(92)104-83(76-98-85(90)70-64-58-52-45-40-38-36-34-32-28-26-24-22-20-18-16-14-12-8-2)78-102-106(94,95)100-74-82(89)75-101-107(96,97)103-79-84(77-99-86(91)71-65-59-53-49-48-51-57-63-69-81(6)10-4)105-88(93)73-67-61-55-47-43-42-44-50-56-62-68-80(5)9-3/h80-84,89H,7-79H2,1-6H3,(H,94,95)(H,96,97)/t80?,81?,82-,83-,84-/m1/s1. The smallest absolute Gasteiger partial charge is 0.462 e. The van der Waals surface area contributed by atoms with Crippen LogP contribution in [-0.2, 0) is 65.4 Å². The van der Waals surface area contributed by atoms with Gasteiger partial charge >= 0.3 is 39.5 Å². The van der Waals surface area contributed by atoms with Crippen LogP contribution in [0.2, 0.25) is 0 Å². The fraction of sp³-hybridized carbons (Fsp3) is 0.955. The molecule has 3 N–H and O–H groups in total. The van der Waals surface area contributed by atoms with E-state index in [1.54, 1.807) is 0 Å². The van der Waals surface area contributed by atoms with E-state index in [0.29, 0.717) is 25.7 Å². The van der Waals surface area contributed by atoms with Crippen molar-refractivity contribution in [3.63, 3.8) is 0 Å². The van der Waals surface area contributed by atoms with Gasteiger partial charge in [-0.2, -0.15) is 0 Å². The van der Waals surface area contributed by atoms with Crippen molar-refractivity contribution in [2.45, 2.75) is 490 Å².